The molecule has 0 radical (unpaired) electrons. The summed E-state index contributed by atoms with van der Waals surface area (Å²) in [5.74, 6) is 0. The minimum Gasteiger partial charge on any atom is -0.387 e. The fraction of sp³-hybridized carbons (Fsp3) is 1.00. The Morgan fingerprint density at radius 3 is 1.20 bits per heavy atom. The number of methoxy groups -OCH3 is 1. The van der Waals surface area contributed by atoms with Crippen LogP contribution in [0.2, 0.25) is 0 Å². The highest BCUT2D eigenvalue weighted by molar-refractivity contribution is 5.11. The molecule has 0 aliphatic carbocycles. The van der Waals surface area contributed by atoms with E-state index < -0.39 is 29.7 Å². The van der Waals surface area contributed by atoms with Crippen molar-refractivity contribution in [3.8, 4) is 0 Å². The van der Waals surface area contributed by atoms with Crippen molar-refractivity contribution in [2.45, 2.75) is 210 Å². The van der Waals surface area contributed by atoms with Crippen molar-refractivity contribution in [1.82, 2.24) is 0 Å². The third kappa shape index (κ3) is 14.4. The van der Waals surface area contributed by atoms with Crippen molar-refractivity contribution >= 4 is 0 Å². The normalized spacial score (nSPS) is 26.6. The summed E-state index contributed by atoms with van der Waals surface area (Å²) in [4.78, 5) is 0. The monoisotopic (exact) mass is 586 g/mol. The molecule has 0 bridgehead atoms. The predicted octanol–water partition coefficient (Wildman–Crippen LogP) is 8.32. The molecule has 5 atom stereocenters. The Hall–Kier alpha value is -0.240. The fourth-order valence-corrected chi connectivity index (χ4v) is 6.72. The second-order valence-electron chi connectivity index (χ2n) is 13.0. The van der Waals surface area contributed by atoms with Gasteiger partial charge in [0.15, 0.2) is 6.29 Å². The van der Waals surface area contributed by atoms with Gasteiger partial charge in [-0.2, -0.15) is 0 Å². The lowest BCUT2D eigenvalue weighted by Gasteiger charge is -2.55. The zero-order valence-electron chi connectivity index (χ0n) is 27.6. The molecule has 0 amide bonds. The number of rotatable bonds is 28. The van der Waals surface area contributed by atoms with Gasteiger partial charge in [0.2, 0.25) is 0 Å². The average Bonchev–Trinajstić information content (AvgIpc) is 2.97. The highest BCUT2D eigenvalue weighted by atomic mass is 16.7. The Balaban J connectivity index is 2.44. The van der Waals surface area contributed by atoms with E-state index in [0.717, 1.165) is 38.5 Å². The van der Waals surface area contributed by atoms with Gasteiger partial charge in [0.05, 0.1) is 0 Å². The molecule has 1 heterocycles. The number of nitrogens with two attached hydrogens (primary N) is 1. The fourth-order valence-electron chi connectivity index (χ4n) is 6.72. The molecule has 0 unspecified atom stereocenters. The highest BCUT2D eigenvalue weighted by Gasteiger charge is 2.63. The van der Waals surface area contributed by atoms with Crippen LogP contribution in [0, 0.1) is 0 Å². The largest absolute Gasteiger partial charge is 0.387 e. The van der Waals surface area contributed by atoms with Gasteiger partial charge in [-0.15, -0.1) is 0 Å². The Morgan fingerprint density at radius 1 is 0.561 bits per heavy atom. The Kier molecular flexibility index (Phi) is 22.8. The first-order chi connectivity index (χ1) is 19.9. The van der Waals surface area contributed by atoms with Crippen molar-refractivity contribution < 1.29 is 24.8 Å². The Labute approximate surface area is 254 Å². The topological polar surface area (TPSA) is 105 Å². The zero-order valence-corrected chi connectivity index (χ0v) is 27.6. The third-order valence-electron chi connectivity index (χ3n) is 9.55. The van der Waals surface area contributed by atoms with Crippen LogP contribution in [0.3, 0.4) is 0 Å². The van der Waals surface area contributed by atoms with Gasteiger partial charge in [0, 0.05) is 13.7 Å². The van der Waals surface area contributed by atoms with E-state index in [-0.39, 0.29) is 6.54 Å². The third-order valence-corrected chi connectivity index (χ3v) is 9.55. The number of hydrogen-bond donors (Lipinski definition) is 4. The first-order valence-electron chi connectivity index (χ1n) is 17.9. The van der Waals surface area contributed by atoms with Crippen molar-refractivity contribution in [2.75, 3.05) is 13.7 Å². The minimum absolute atomic E-state index is 0.0659. The molecule has 1 aliphatic heterocycles. The molecule has 0 spiro atoms. The van der Waals surface area contributed by atoms with E-state index in [4.69, 9.17) is 15.2 Å². The lowest BCUT2D eigenvalue weighted by molar-refractivity contribution is -0.369. The molecule has 0 saturated carbocycles. The number of ether oxygens (including phenoxy) is 2. The number of unbranched alkanes of at least 4 members (excludes halogenated alkanes) is 22. The van der Waals surface area contributed by atoms with Crippen LogP contribution >= 0.6 is 0 Å². The van der Waals surface area contributed by atoms with E-state index in [1.807, 2.05) is 0 Å². The number of aliphatic hydroxyl groups excluding tert-OH is 1. The van der Waals surface area contributed by atoms with Crippen molar-refractivity contribution in [2.24, 2.45) is 5.73 Å². The summed E-state index contributed by atoms with van der Waals surface area (Å²) in [6.07, 6.45) is 27.1. The molecule has 0 aromatic carbocycles. The summed E-state index contributed by atoms with van der Waals surface area (Å²) >= 11 is 0. The van der Waals surface area contributed by atoms with Crippen molar-refractivity contribution in [1.29, 1.82) is 0 Å². The number of aliphatic hydroxyl groups is 3. The lowest BCUT2D eigenvalue weighted by atomic mass is 9.68. The SMILES string of the molecule is CCCCCCCCCCCCCC[C@]1(O)[C@@H](OC)O[C@H](CN)[C@@H](O)[C@@]1(O)CCCCCCCCCCCCCC. The van der Waals surface area contributed by atoms with Crippen LogP contribution in [0.15, 0.2) is 0 Å². The molecule has 1 fully saturated rings. The highest BCUT2D eigenvalue weighted by Crippen LogP contribution is 2.44. The molecule has 246 valence electrons. The van der Waals surface area contributed by atoms with Crippen LogP contribution in [0.1, 0.15) is 181 Å². The first kappa shape index (κ1) is 38.8. The summed E-state index contributed by atoms with van der Waals surface area (Å²) in [5.41, 5.74) is 2.51. The van der Waals surface area contributed by atoms with E-state index in [2.05, 4.69) is 13.8 Å². The van der Waals surface area contributed by atoms with E-state index in [1.54, 1.807) is 0 Å². The molecule has 1 aliphatic rings. The molecule has 0 aromatic heterocycles. The van der Waals surface area contributed by atoms with Crippen molar-refractivity contribution in [3.63, 3.8) is 0 Å². The second kappa shape index (κ2) is 24.1. The van der Waals surface area contributed by atoms with Crippen LogP contribution in [-0.4, -0.2) is 58.7 Å². The summed E-state index contributed by atoms with van der Waals surface area (Å²) in [6.45, 7) is 4.58. The van der Waals surface area contributed by atoms with Crippen LogP contribution in [-0.2, 0) is 9.47 Å². The van der Waals surface area contributed by atoms with Gasteiger partial charge in [-0.25, -0.2) is 0 Å². The van der Waals surface area contributed by atoms with E-state index in [1.165, 1.54) is 123 Å². The molecule has 5 N–H and O–H groups in total. The van der Waals surface area contributed by atoms with Crippen LogP contribution in [0.5, 0.6) is 0 Å². The maximum atomic E-state index is 11.9. The molecule has 0 aromatic rings. The van der Waals surface area contributed by atoms with Gasteiger partial charge in [0.25, 0.3) is 0 Å². The van der Waals surface area contributed by atoms with E-state index >= 15 is 0 Å². The van der Waals surface area contributed by atoms with Gasteiger partial charge in [-0.1, -0.05) is 168 Å². The zero-order chi connectivity index (χ0) is 30.2. The predicted molar refractivity (Wildman–Crippen MR) is 172 cm³/mol. The smallest absolute Gasteiger partial charge is 0.189 e. The summed E-state index contributed by atoms with van der Waals surface area (Å²) in [7, 11) is 1.49. The van der Waals surface area contributed by atoms with E-state index in [0.29, 0.717) is 12.8 Å². The lowest BCUT2D eigenvalue weighted by Crippen LogP contribution is -2.75. The molecule has 6 nitrogen and oxygen atoms in total. The summed E-state index contributed by atoms with van der Waals surface area (Å²) in [5, 5.41) is 34.9. The van der Waals surface area contributed by atoms with Gasteiger partial charge >= 0.3 is 0 Å². The van der Waals surface area contributed by atoms with Gasteiger partial charge in [0.1, 0.15) is 23.4 Å². The van der Waals surface area contributed by atoms with Gasteiger partial charge < -0.3 is 30.5 Å². The minimum atomic E-state index is -1.70. The molecule has 1 saturated heterocycles. The maximum absolute atomic E-state index is 11.9. The van der Waals surface area contributed by atoms with Crippen molar-refractivity contribution in [3.05, 3.63) is 0 Å². The molecule has 6 heteroatoms. The Bertz CT molecular complexity index is 593. The average molecular weight is 586 g/mol. The van der Waals surface area contributed by atoms with Crippen LogP contribution in [0.25, 0.3) is 0 Å². The van der Waals surface area contributed by atoms with E-state index in [9.17, 15) is 15.3 Å². The first-order valence-corrected chi connectivity index (χ1v) is 17.9. The van der Waals surface area contributed by atoms with Gasteiger partial charge in [-0.05, 0) is 12.8 Å². The Morgan fingerprint density at radius 2 is 0.878 bits per heavy atom. The summed E-state index contributed by atoms with van der Waals surface area (Å²) in [6, 6.07) is 0. The van der Waals surface area contributed by atoms with Crippen LogP contribution in [0.4, 0.5) is 0 Å². The molecular weight excluding hydrogens is 514 g/mol. The molecule has 1 rings (SSSR count). The maximum Gasteiger partial charge on any atom is 0.189 e. The second-order valence-corrected chi connectivity index (χ2v) is 13.0. The molecular formula is C35H71NO5. The standard InChI is InChI=1S/C35H71NO5/c1-4-6-8-10-12-14-16-18-20-22-24-26-28-34(38)32(37)31(30-36)41-33(40-3)35(34,39)29-27-25-23-21-19-17-15-13-11-9-7-5-2/h31-33,37-39H,4-30,36H2,1-3H3/t31-,32-,33+,34+,35+/m1/s1. The molecule has 41 heavy (non-hydrogen) atoms. The quantitative estimate of drug-likeness (QED) is 0.0688. The number of hydrogen-bond acceptors (Lipinski definition) is 6. The van der Waals surface area contributed by atoms with Crippen LogP contribution < -0.4 is 5.73 Å². The van der Waals surface area contributed by atoms with Gasteiger partial charge in [-0.3, -0.25) is 0 Å². The summed E-state index contributed by atoms with van der Waals surface area (Å²) < 4.78 is 11.4.